The van der Waals surface area contributed by atoms with Crippen molar-refractivity contribution in [2.45, 2.75) is 57.1 Å². The smallest absolute Gasteiger partial charge is 0.251 e. The zero-order valence-electron chi connectivity index (χ0n) is 16.1. The van der Waals surface area contributed by atoms with Crippen LogP contribution in [0.3, 0.4) is 0 Å². The molecule has 5 heteroatoms. The van der Waals surface area contributed by atoms with E-state index in [1.54, 1.807) is 6.07 Å². The topological polar surface area (TPSA) is 58.2 Å². The van der Waals surface area contributed by atoms with Crippen LogP contribution < -0.4 is 5.56 Å². The molecule has 27 heavy (non-hydrogen) atoms. The van der Waals surface area contributed by atoms with Crippen LogP contribution in [-0.2, 0) is 11.3 Å². The number of hydrogen-bond donors (Lipinski definition) is 1. The van der Waals surface area contributed by atoms with Crippen LogP contribution in [0.5, 0.6) is 0 Å². The molecule has 1 aromatic carbocycles. The number of H-pyrrole nitrogens is 1. The van der Waals surface area contributed by atoms with E-state index in [4.69, 9.17) is 9.72 Å². The standard InChI is InChI=1S/C22H29N3O2/c1-25(15-19-10-5-11-27-19)14-16-6-4-9-18(12-16)22-23-20(13-21(26)24-22)17-7-2-3-8-17/h4,6,9,12-13,17,19H,2-3,5,7-8,10-11,14-15H2,1H3,(H,23,24,26)/t19-/m0/s1. The Balaban J connectivity index is 1.50. The fourth-order valence-corrected chi connectivity index (χ4v) is 4.37. The first-order chi connectivity index (χ1) is 13.2. The number of hydrogen-bond acceptors (Lipinski definition) is 4. The van der Waals surface area contributed by atoms with Gasteiger partial charge in [0.25, 0.3) is 5.56 Å². The molecule has 4 rings (SSSR count). The lowest BCUT2D eigenvalue weighted by atomic mass is 10.0. The lowest BCUT2D eigenvalue weighted by molar-refractivity contribution is 0.0793. The molecule has 0 radical (unpaired) electrons. The molecule has 1 atom stereocenters. The summed E-state index contributed by atoms with van der Waals surface area (Å²) in [5.41, 5.74) is 3.10. The number of nitrogens with zero attached hydrogens (tertiary/aromatic N) is 2. The first-order valence-electron chi connectivity index (χ1n) is 10.2. The number of likely N-dealkylation sites (N-methyl/N-ethyl adjacent to an activating group) is 1. The predicted octanol–water partition coefficient (Wildman–Crippen LogP) is 3.71. The molecule has 1 saturated carbocycles. The van der Waals surface area contributed by atoms with Gasteiger partial charge in [0.2, 0.25) is 0 Å². The highest BCUT2D eigenvalue weighted by molar-refractivity contribution is 5.56. The highest BCUT2D eigenvalue weighted by Crippen LogP contribution is 2.33. The molecule has 2 fully saturated rings. The van der Waals surface area contributed by atoms with Crippen LogP contribution in [0, 0.1) is 0 Å². The fourth-order valence-electron chi connectivity index (χ4n) is 4.37. The molecule has 144 valence electrons. The Morgan fingerprint density at radius 2 is 2.04 bits per heavy atom. The second-order valence-corrected chi connectivity index (χ2v) is 8.03. The number of aromatic amines is 1. The Bertz CT molecular complexity index is 820. The second-order valence-electron chi connectivity index (χ2n) is 8.03. The van der Waals surface area contributed by atoms with Crippen molar-refractivity contribution in [1.82, 2.24) is 14.9 Å². The van der Waals surface area contributed by atoms with Gasteiger partial charge < -0.3 is 9.72 Å². The van der Waals surface area contributed by atoms with Gasteiger partial charge in [0.05, 0.1) is 11.8 Å². The van der Waals surface area contributed by atoms with Crippen molar-refractivity contribution >= 4 is 0 Å². The van der Waals surface area contributed by atoms with Crippen molar-refractivity contribution < 1.29 is 4.74 Å². The van der Waals surface area contributed by atoms with E-state index in [2.05, 4.69) is 29.1 Å². The molecule has 1 aliphatic heterocycles. The molecule has 1 N–H and O–H groups in total. The zero-order valence-corrected chi connectivity index (χ0v) is 16.1. The first-order valence-corrected chi connectivity index (χ1v) is 10.2. The van der Waals surface area contributed by atoms with Crippen LogP contribution in [0.1, 0.15) is 55.7 Å². The van der Waals surface area contributed by atoms with E-state index >= 15 is 0 Å². The maximum atomic E-state index is 12.2. The molecule has 0 amide bonds. The van der Waals surface area contributed by atoms with Crippen molar-refractivity contribution in [3.63, 3.8) is 0 Å². The maximum Gasteiger partial charge on any atom is 0.251 e. The summed E-state index contributed by atoms with van der Waals surface area (Å²) in [6, 6.07) is 10.0. The van der Waals surface area contributed by atoms with Gasteiger partial charge in [-0.1, -0.05) is 31.0 Å². The SMILES string of the molecule is CN(Cc1cccc(-c2nc(C3CCCC3)cc(=O)[nH]2)c1)C[C@@H]1CCCO1. The summed E-state index contributed by atoms with van der Waals surface area (Å²) in [5, 5.41) is 0. The molecule has 1 aliphatic carbocycles. The van der Waals surface area contributed by atoms with Gasteiger partial charge in [-0.15, -0.1) is 0 Å². The Labute approximate surface area is 160 Å². The van der Waals surface area contributed by atoms with Gasteiger partial charge in [-0.3, -0.25) is 9.69 Å². The minimum Gasteiger partial charge on any atom is -0.377 e. The van der Waals surface area contributed by atoms with Gasteiger partial charge in [-0.2, -0.15) is 0 Å². The average Bonchev–Trinajstić information content (AvgIpc) is 3.35. The lowest BCUT2D eigenvalue weighted by Gasteiger charge is -2.20. The zero-order chi connectivity index (χ0) is 18.6. The third-order valence-electron chi connectivity index (χ3n) is 5.73. The van der Waals surface area contributed by atoms with Crippen molar-refractivity contribution in [2.75, 3.05) is 20.2 Å². The summed E-state index contributed by atoms with van der Waals surface area (Å²) in [5.74, 6) is 1.12. The molecular formula is C22H29N3O2. The largest absolute Gasteiger partial charge is 0.377 e. The van der Waals surface area contributed by atoms with Crippen molar-refractivity contribution in [3.8, 4) is 11.4 Å². The average molecular weight is 367 g/mol. The lowest BCUT2D eigenvalue weighted by Crippen LogP contribution is -2.28. The van der Waals surface area contributed by atoms with Gasteiger partial charge >= 0.3 is 0 Å². The van der Waals surface area contributed by atoms with E-state index in [9.17, 15) is 4.79 Å². The molecule has 2 heterocycles. The van der Waals surface area contributed by atoms with Crippen molar-refractivity contribution in [1.29, 1.82) is 0 Å². The van der Waals surface area contributed by atoms with Crippen LogP contribution in [0.15, 0.2) is 35.1 Å². The minimum atomic E-state index is -0.0530. The predicted molar refractivity (Wildman–Crippen MR) is 107 cm³/mol. The number of nitrogens with one attached hydrogen (secondary N) is 1. The normalized spacial score (nSPS) is 20.6. The molecule has 2 aromatic rings. The van der Waals surface area contributed by atoms with Crippen molar-refractivity contribution in [3.05, 3.63) is 51.9 Å². The molecular weight excluding hydrogens is 338 g/mol. The fraction of sp³-hybridized carbons (Fsp3) is 0.545. The summed E-state index contributed by atoms with van der Waals surface area (Å²) >= 11 is 0. The molecule has 0 spiro atoms. The maximum absolute atomic E-state index is 12.2. The molecule has 1 aromatic heterocycles. The number of benzene rings is 1. The Morgan fingerprint density at radius 3 is 2.81 bits per heavy atom. The highest BCUT2D eigenvalue weighted by Gasteiger charge is 2.20. The third kappa shape index (κ3) is 4.66. The quantitative estimate of drug-likeness (QED) is 0.846. The van der Waals surface area contributed by atoms with Gasteiger partial charge in [-0.05, 0) is 44.4 Å². The monoisotopic (exact) mass is 367 g/mol. The molecule has 5 nitrogen and oxygen atoms in total. The van der Waals surface area contributed by atoms with E-state index < -0.39 is 0 Å². The van der Waals surface area contributed by atoms with Crippen LogP contribution in [0.4, 0.5) is 0 Å². The molecule has 1 saturated heterocycles. The molecule has 2 aliphatic rings. The number of rotatable bonds is 6. The summed E-state index contributed by atoms with van der Waals surface area (Å²) in [6.07, 6.45) is 7.45. The third-order valence-corrected chi connectivity index (χ3v) is 5.73. The Kier molecular flexibility index (Phi) is 5.69. The van der Waals surface area contributed by atoms with Gasteiger partial charge in [-0.25, -0.2) is 4.98 Å². The Morgan fingerprint density at radius 1 is 1.19 bits per heavy atom. The van der Waals surface area contributed by atoms with Crippen molar-refractivity contribution in [2.24, 2.45) is 0 Å². The van der Waals surface area contributed by atoms with Gasteiger partial charge in [0, 0.05) is 37.2 Å². The van der Waals surface area contributed by atoms with Gasteiger partial charge in [0.15, 0.2) is 0 Å². The van der Waals surface area contributed by atoms with Crippen LogP contribution in [0.25, 0.3) is 11.4 Å². The van der Waals surface area contributed by atoms with Crippen LogP contribution in [-0.4, -0.2) is 41.2 Å². The van der Waals surface area contributed by atoms with E-state index in [1.807, 2.05) is 12.1 Å². The second kappa shape index (κ2) is 8.36. The van der Waals surface area contributed by atoms with E-state index in [1.165, 1.54) is 24.8 Å². The summed E-state index contributed by atoms with van der Waals surface area (Å²) in [6.45, 7) is 2.71. The van der Waals surface area contributed by atoms with E-state index in [-0.39, 0.29) is 5.56 Å². The highest BCUT2D eigenvalue weighted by atomic mass is 16.5. The molecule has 0 bridgehead atoms. The summed E-state index contributed by atoms with van der Waals surface area (Å²) in [7, 11) is 2.13. The van der Waals surface area contributed by atoms with Crippen LogP contribution in [0.2, 0.25) is 0 Å². The number of aromatic nitrogens is 2. The summed E-state index contributed by atoms with van der Waals surface area (Å²) < 4.78 is 5.74. The first kappa shape index (κ1) is 18.4. The molecule has 0 unspecified atom stereocenters. The minimum absolute atomic E-state index is 0.0530. The van der Waals surface area contributed by atoms with Gasteiger partial charge in [0.1, 0.15) is 5.82 Å². The summed E-state index contributed by atoms with van der Waals surface area (Å²) in [4.78, 5) is 22.2. The number of ether oxygens (including phenoxy) is 1. The van der Waals surface area contributed by atoms with E-state index in [0.29, 0.717) is 17.8 Å². The Hall–Kier alpha value is -1.98. The van der Waals surface area contributed by atoms with E-state index in [0.717, 1.165) is 50.2 Å². The van der Waals surface area contributed by atoms with Crippen LogP contribution >= 0.6 is 0 Å².